The molecule has 0 spiro atoms. The quantitative estimate of drug-likeness (QED) is 0.324. The average molecular weight is 376 g/mol. The molecule has 0 saturated heterocycles. The van der Waals surface area contributed by atoms with Crippen LogP contribution in [0.1, 0.15) is 5.56 Å². The molecule has 3 aromatic carbocycles. The van der Waals surface area contributed by atoms with Crippen LogP contribution in [0.15, 0.2) is 73.2 Å². The Balaban J connectivity index is 1.78. The number of pyridine rings is 1. The molecule has 3 aliphatic rings. The van der Waals surface area contributed by atoms with Gasteiger partial charge in [0.05, 0.1) is 6.20 Å². The summed E-state index contributed by atoms with van der Waals surface area (Å²) in [5.41, 5.74) is 4.73. The molecule has 0 aliphatic carbocycles. The molecule has 4 heteroatoms. The van der Waals surface area contributed by atoms with Crippen molar-refractivity contribution in [2.24, 2.45) is 0 Å². The minimum atomic E-state index is -0.146. The number of para-hydroxylation sites is 1. The van der Waals surface area contributed by atoms with E-state index in [0.717, 1.165) is 44.4 Å². The Bertz CT molecular complexity index is 1430. The Morgan fingerprint density at radius 2 is 1.72 bits per heavy atom. The number of ether oxygens (including phenoxy) is 2. The third-order valence-electron chi connectivity index (χ3n) is 6.11. The number of likely N-dealkylation sites (N-methyl/N-ethyl adjacent to an activating group) is 1. The van der Waals surface area contributed by atoms with E-state index in [9.17, 15) is 0 Å². The van der Waals surface area contributed by atoms with Gasteiger partial charge in [-0.1, -0.05) is 36.4 Å². The van der Waals surface area contributed by atoms with Crippen LogP contribution < -0.4 is 9.47 Å². The molecule has 138 valence electrons. The summed E-state index contributed by atoms with van der Waals surface area (Å²) in [6.45, 7) is 0. The summed E-state index contributed by atoms with van der Waals surface area (Å²) in [6, 6.07) is 14.5. The second-order valence-corrected chi connectivity index (χ2v) is 7.69. The zero-order chi connectivity index (χ0) is 19.1. The summed E-state index contributed by atoms with van der Waals surface area (Å²) < 4.78 is 12.7. The molecule has 1 unspecified atom stereocenters. The third kappa shape index (κ3) is 1.81. The van der Waals surface area contributed by atoms with Crippen molar-refractivity contribution >= 4 is 27.1 Å². The minimum Gasteiger partial charge on any atom is -0.466 e. The van der Waals surface area contributed by atoms with Crippen molar-refractivity contribution in [2.45, 2.75) is 6.23 Å². The van der Waals surface area contributed by atoms with Gasteiger partial charge in [0.1, 0.15) is 11.5 Å². The van der Waals surface area contributed by atoms with Gasteiger partial charge in [0, 0.05) is 57.9 Å². The van der Waals surface area contributed by atoms with Gasteiger partial charge in [-0.3, -0.25) is 4.98 Å². The topological polar surface area (TPSA) is 34.6 Å². The lowest BCUT2D eigenvalue weighted by molar-refractivity contribution is 0.130. The Hall–Kier alpha value is -3.79. The zero-order valence-electron chi connectivity index (χ0n) is 15.7. The van der Waals surface area contributed by atoms with Crippen molar-refractivity contribution in [1.82, 2.24) is 9.88 Å². The van der Waals surface area contributed by atoms with Crippen molar-refractivity contribution < 1.29 is 9.47 Å². The molecule has 4 nitrogen and oxygen atoms in total. The second kappa shape index (κ2) is 5.17. The van der Waals surface area contributed by atoms with Crippen LogP contribution in [0.4, 0.5) is 0 Å². The Kier molecular flexibility index (Phi) is 2.71. The summed E-state index contributed by atoms with van der Waals surface area (Å²) in [4.78, 5) is 6.60. The predicted octanol–water partition coefficient (Wildman–Crippen LogP) is 5.72. The van der Waals surface area contributed by atoms with E-state index in [1.165, 1.54) is 16.7 Å². The highest BCUT2D eigenvalue weighted by atomic mass is 16.5. The zero-order valence-corrected chi connectivity index (χ0v) is 15.7. The van der Waals surface area contributed by atoms with E-state index in [1.807, 2.05) is 24.5 Å². The summed E-state index contributed by atoms with van der Waals surface area (Å²) in [7, 11) is 2.05. The molecule has 0 bridgehead atoms. The lowest BCUT2D eigenvalue weighted by Gasteiger charge is -2.38. The molecular weight excluding hydrogens is 360 g/mol. The predicted molar refractivity (Wildman–Crippen MR) is 114 cm³/mol. The van der Waals surface area contributed by atoms with Crippen LogP contribution in [-0.4, -0.2) is 23.2 Å². The molecule has 4 aromatic rings. The van der Waals surface area contributed by atoms with Crippen molar-refractivity contribution in [1.29, 1.82) is 0 Å². The fraction of sp³-hybridized carbons (Fsp3) is 0.0800. The van der Waals surface area contributed by atoms with Gasteiger partial charge in [0.25, 0.3) is 0 Å². The van der Waals surface area contributed by atoms with Gasteiger partial charge < -0.3 is 14.4 Å². The molecular formula is C25H16N2O2. The van der Waals surface area contributed by atoms with E-state index in [2.05, 4.69) is 65.6 Å². The van der Waals surface area contributed by atoms with Gasteiger partial charge in [-0.2, -0.15) is 0 Å². The summed E-state index contributed by atoms with van der Waals surface area (Å²) >= 11 is 0. The van der Waals surface area contributed by atoms with Gasteiger partial charge in [0.15, 0.2) is 12.0 Å². The molecule has 1 aromatic heterocycles. The number of hydrogen-bond acceptors (Lipinski definition) is 4. The van der Waals surface area contributed by atoms with Gasteiger partial charge in [-0.25, -0.2) is 0 Å². The number of benzene rings is 3. The van der Waals surface area contributed by atoms with Crippen LogP contribution in [0.2, 0.25) is 0 Å². The van der Waals surface area contributed by atoms with E-state index in [0.29, 0.717) is 0 Å². The third-order valence-corrected chi connectivity index (χ3v) is 6.11. The molecule has 0 amide bonds. The van der Waals surface area contributed by atoms with Crippen LogP contribution in [0.5, 0.6) is 17.2 Å². The van der Waals surface area contributed by atoms with E-state index in [-0.39, 0.29) is 6.23 Å². The summed E-state index contributed by atoms with van der Waals surface area (Å²) in [5.74, 6) is 2.59. The van der Waals surface area contributed by atoms with Gasteiger partial charge in [0.2, 0.25) is 0 Å². The highest BCUT2D eigenvalue weighted by Crippen LogP contribution is 2.55. The maximum absolute atomic E-state index is 6.46. The summed E-state index contributed by atoms with van der Waals surface area (Å²) in [6.07, 6.45) is 9.93. The molecule has 0 fully saturated rings. The summed E-state index contributed by atoms with van der Waals surface area (Å²) in [5, 5.41) is 4.51. The molecule has 0 saturated carbocycles. The van der Waals surface area contributed by atoms with E-state index in [4.69, 9.17) is 9.47 Å². The first-order valence-electron chi connectivity index (χ1n) is 9.72. The van der Waals surface area contributed by atoms with Crippen molar-refractivity contribution in [3.05, 3.63) is 78.8 Å². The Morgan fingerprint density at radius 3 is 2.69 bits per heavy atom. The minimum absolute atomic E-state index is 0.146. The van der Waals surface area contributed by atoms with Crippen LogP contribution in [-0.2, 0) is 0 Å². The molecule has 1 atom stereocenters. The SMILES string of the molecule is CN1C=CC=C2c3c4c5c(cncc5c5cccc(c35)OC21)Oc1ccccc1-4. The maximum Gasteiger partial charge on any atom is 0.198 e. The van der Waals surface area contributed by atoms with Crippen LogP contribution >= 0.6 is 0 Å². The maximum atomic E-state index is 6.46. The highest BCUT2D eigenvalue weighted by molar-refractivity contribution is 6.23. The fourth-order valence-electron chi connectivity index (χ4n) is 4.92. The van der Waals surface area contributed by atoms with Crippen molar-refractivity contribution in [3.63, 3.8) is 0 Å². The average Bonchev–Trinajstić information content (AvgIpc) is 2.76. The number of allylic oxidation sites excluding steroid dienone is 2. The number of hydrogen-bond donors (Lipinski definition) is 0. The fourth-order valence-corrected chi connectivity index (χ4v) is 4.92. The molecule has 29 heavy (non-hydrogen) atoms. The van der Waals surface area contributed by atoms with E-state index >= 15 is 0 Å². The monoisotopic (exact) mass is 376 g/mol. The first-order valence-corrected chi connectivity index (χ1v) is 9.72. The lowest BCUT2D eigenvalue weighted by atomic mass is 9.81. The largest absolute Gasteiger partial charge is 0.466 e. The number of aromatic nitrogens is 1. The lowest BCUT2D eigenvalue weighted by Crippen LogP contribution is -2.37. The smallest absolute Gasteiger partial charge is 0.198 e. The van der Waals surface area contributed by atoms with Crippen LogP contribution in [0, 0.1) is 0 Å². The number of nitrogens with zero attached hydrogens (tertiary/aromatic N) is 2. The first kappa shape index (κ1) is 15.2. The Labute approximate surface area is 167 Å². The highest BCUT2D eigenvalue weighted by Gasteiger charge is 2.36. The van der Waals surface area contributed by atoms with Gasteiger partial charge in [-0.15, -0.1) is 0 Å². The molecule has 7 rings (SSSR count). The standard InChI is InChI=1S/C25H16N2O2/c1-27-11-5-8-16-24-21-14(7-4-10-19(21)29-25(16)27)17-12-26-13-20-22(17)23(24)15-6-2-3-9-18(15)28-20/h2-13,25H,1H3. The van der Waals surface area contributed by atoms with E-state index < -0.39 is 0 Å². The number of fused-ring (bicyclic) bond motifs is 6. The van der Waals surface area contributed by atoms with Crippen molar-refractivity contribution in [2.75, 3.05) is 7.05 Å². The van der Waals surface area contributed by atoms with Crippen molar-refractivity contribution in [3.8, 4) is 28.4 Å². The second-order valence-electron chi connectivity index (χ2n) is 7.69. The first-order chi connectivity index (χ1) is 14.3. The van der Waals surface area contributed by atoms with Gasteiger partial charge in [-0.05, 0) is 23.6 Å². The molecule has 3 aliphatic heterocycles. The van der Waals surface area contributed by atoms with Gasteiger partial charge >= 0.3 is 0 Å². The van der Waals surface area contributed by atoms with Crippen LogP contribution in [0.3, 0.4) is 0 Å². The normalized spacial score (nSPS) is 18.0. The van der Waals surface area contributed by atoms with Crippen LogP contribution in [0.25, 0.3) is 38.2 Å². The molecule has 0 N–H and O–H groups in total. The van der Waals surface area contributed by atoms with E-state index in [1.54, 1.807) is 0 Å². The Morgan fingerprint density at radius 1 is 0.862 bits per heavy atom. The molecule has 4 heterocycles. The number of rotatable bonds is 0. The molecule has 0 radical (unpaired) electrons.